The van der Waals surface area contributed by atoms with Gasteiger partial charge in [-0.25, -0.2) is 8.78 Å². The predicted molar refractivity (Wildman–Crippen MR) is 132 cm³/mol. The predicted octanol–water partition coefficient (Wildman–Crippen LogP) is 6.11. The smallest absolute Gasteiger partial charge is 0.388 e. The average Bonchev–Trinajstić information content (AvgIpc) is 3.16. The molecule has 0 aliphatic carbocycles. The molecule has 37 heavy (non-hydrogen) atoms. The van der Waals surface area contributed by atoms with Crippen LogP contribution >= 0.6 is 0 Å². The van der Waals surface area contributed by atoms with Crippen LogP contribution in [0, 0.1) is 17.6 Å². The Hall–Kier alpha value is -2.49. The molecule has 3 atom stereocenters. The zero-order valence-electron chi connectivity index (χ0n) is 21.0. The minimum Gasteiger partial charge on any atom is -0.388 e. The summed E-state index contributed by atoms with van der Waals surface area (Å²) in [6.45, 7) is 4.99. The number of alkyl halides is 3. The van der Waals surface area contributed by atoms with Crippen LogP contribution in [0.4, 0.5) is 22.0 Å². The zero-order valence-corrected chi connectivity index (χ0v) is 21.0. The Balaban J connectivity index is 1.50. The van der Waals surface area contributed by atoms with Crippen molar-refractivity contribution in [2.75, 3.05) is 26.2 Å². The lowest BCUT2D eigenvalue weighted by Gasteiger charge is -2.41. The van der Waals surface area contributed by atoms with Crippen LogP contribution in [0.1, 0.15) is 61.2 Å². The van der Waals surface area contributed by atoms with E-state index in [2.05, 4.69) is 16.8 Å². The van der Waals surface area contributed by atoms with Crippen molar-refractivity contribution in [3.8, 4) is 0 Å². The van der Waals surface area contributed by atoms with Crippen molar-refractivity contribution >= 4 is 10.9 Å². The highest BCUT2D eigenvalue weighted by Gasteiger charge is 2.43. The minimum atomic E-state index is -4.55. The molecule has 0 bridgehead atoms. The van der Waals surface area contributed by atoms with Gasteiger partial charge in [0, 0.05) is 47.8 Å². The van der Waals surface area contributed by atoms with Crippen molar-refractivity contribution in [2.24, 2.45) is 5.92 Å². The topological polar surface area (TPSA) is 42.5 Å². The van der Waals surface area contributed by atoms with Gasteiger partial charge in [0.1, 0.15) is 11.6 Å². The molecule has 1 fully saturated rings. The fourth-order valence-corrected chi connectivity index (χ4v) is 5.92. The van der Waals surface area contributed by atoms with Crippen molar-refractivity contribution in [2.45, 2.75) is 57.5 Å². The number of aliphatic hydroxyl groups is 1. The van der Waals surface area contributed by atoms with Crippen molar-refractivity contribution in [3.05, 3.63) is 70.4 Å². The number of rotatable bonds is 7. The first kappa shape index (κ1) is 26.1. The highest BCUT2D eigenvalue weighted by atomic mass is 19.4. The molecule has 3 aromatic rings. The Morgan fingerprint density at radius 3 is 2.43 bits per heavy atom. The Morgan fingerprint density at radius 2 is 1.78 bits per heavy atom. The summed E-state index contributed by atoms with van der Waals surface area (Å²) in [5.74, 6) is -1.27. The molecular formula is C28H32F5N3O. The number of hydrogen-bond acceptors (Lipinski definition) is 3. The number of hydrogen-bond donors (Lipinski definition) is 2. The molecule has 2 aliphatic rings. The van der Waals surface area contributed by atoms with Crippen molar-refractivity contribution in [1.82, 2.24) is 14.8 Å². The number of benzene rings is 2. The van der Waals surface area contributed by atoms with Gasteiger partial charge in [0.15, 0.2) is 0 Å². The van der Waals surface area contributed by atoms with Gasteiger partial charge >= 0.3 is 6.18 Å². The van der Waals surface area contributed by atoms with Crippen molar-refractivity contribution < 1.29 is 27.1 Å². The van der Waals surface area contributed by atoms with Crippen LogP contribution in [-0.4, -0.2) is 58.3 Å². The number of nitrogens with zero attached hydrogens (tertiary/aromatic N) is 2. The zero-order chi connectivity index (χ0) is 26.5. The number of likely N-dealkylation sites (tertiary alicyclic amines) is 1. The molecule has 2 aromatic carbocycles. The van der Waals surface area contributed by atoms with Crippen LogP contribution < -0.4 is 0 Å². The molecule has 0 radical (unpaired) electrons. The number of para-hydroxylation sites is 1. The van der Waals surface area contributed by atoms with Gasteiger partial charge in [0.05, 0.1) is 18.7 Å². The highest BCUT2D eigenvalue weighted by Crippen LogP contribution is 2.44. The average molecular weight is 522 g/mol. The summed E-state index contributed by atoms with van der Waals surface area (Å²) < 4.78 is 72.1. The number of aliphatic hydroxyl groups excluding tert-OH is 1. The van der Waals surface area contributed by atoms with Crippen LogP contribution in [0.25, 0.3) is 10.9 Å². The summed E-state index contributed by atoms with van der Waals surface area (Å²) in [6.07, 6.45) is -3.88. The van der Waals surface area contributed by atoms with E-state index in [4.69, 9.17) is 0 Å². The first-order chi connectivity index (χ1) is 17.6. The number of H-pyrrole nitrogens is 1. The van der Waals surface area contributed by atoms with Gasteiger partial charge in [-0.05, 0) is 55.0 Å². The number of fused-ring (bicyclic) bond motifs is 3. The summed E-state index contributed by atoms with van der Waals surface area (Å²) in [7, 11) is 0. The maximum absolute atomic E-state index is 15.6. The molecule has 3 heterocycles. The maximum atomic E-state index is 15.6. The summed E-state index contributed by atoms with van der Waals surface area (Å²) >= 11 is 0. The van der Waals surface area contributed by atoms with Gasteiger partial charge in [-0.2, -0.15) is 13.2 Å². The molecule has 4 nitrogen and oxygen atoms in total. The first-order valence-corrected chi connectivity index (χ1v) is 12.9. The third-order valence-corrected chi connectivity index (χ3v) is 7.97. The van der Waals surface area contributed by atoms with E-state index in [1.54, 1.807) is 19.1 Å². The fraction of sp³-hybridized carbons (Fsp3) is 0.500. The molecule has 0 spiro atoms. The van der Waals surface area contributed by atoms with Crippen LogP contribution in [0.5, 0.6) is 0 Å². The summed E-state index contributed by atoms with van der Waals surface area (Å²) in [5, 5.41) is 11.5. The molecular weight excluding hydrogens is 489 g/mol. The van der Waals surface area contributed by atoms with Crippen LogP contribution in [0.3, 0.4) is 0 Å². The van der Waals surface area contributed by atoms with Gasteiger partial charge in [-0.15, -0.1) is 0 Å². The molecule has 200 valence electrons. The Morgan fingerprint density at radius 1 is 1.11 bits per heavy atom. The Kier molecular flexibility index (Phi) is 7.06. The number of halogens is 5. The van der Waals surface area contributed by atoms with Crippen molar-refractivity contribution in [3.63, 3.8) is 0 Å². The lowest BCUT2D eigenvalue weighted by Crippen LogP contribution is -2.47. The van der Waals surface area contributed by atoms with Crippen LogP contribution in [0.15, 0.2) is 36.4 Å². The Bertz CT molecular complexity index is 1240. The van der Waals surface area contributed by atoms with Crippen molar-refractivity contribution in [1.29, 1.82) is 0 Å². The summed E-state index contributed by atoms with van der Waals surface area (Å²) in [5.41, 5.74) is 1.51. The minimum absolute atomic E-state index is 0.0921. The van der Waals surface area contributed by atoms with Gasteiger partial charge in [0.2, 0.25) is 0 Å². The molecule has 9 heteroatoms. The second kappa shape index (κ2) is 10.0. The molecule has 2 aliphatic heterocycles. The standard InChI is InChI=1S/C28H32F5N3O/c1-3-17-13-35(14-17)9-8-24(37)18-11-21(29)25(22(30)12-18)27-26-20(19-6-4-5-7-23(19)34-26)10-16(2)36(27)15-28(31,32)33/h4-7,11-12,16-17,24,27,34,37H,3,8-10,13-15H2,1-2H3/t16-,24+,27-/m1/s1. The normalized spacial score (nSPS) is 22.3. The first-order valence-electron chi connectivity index (χ1n) is 12.9. The number of aromatic amines is 1. The third-order valence-electron chi connectivity index (χ3n) is 7.97. The van der Waals surface area contributed by atoms with E-state index in [9.17, 15) is 18.3 Å². The molecule has 1 saturated heterocycles. The lowest BCUT2D eigenvalue weighted by molar-refractivity contribution is -0.155. The second-order valence-electron chi connectivity index (χ2n) is 10.5. The van der Waals surface area contributed by atoms with Crippen LogP contribution in [0.2, 0.25) is 0 Å². The van der Waals surface area contributed by atoms with E-state index >= 15 is 8.78 Å². The summed E-state index contributed by atoms with van der Waals surface area (Å²) in [6, 6.07) is 7.55. The van der Waals surface area contributed by atoms with Crippen LogP contribution in [-0.2, 0) is 6.42 Å². The number of aromatic nitrogens is 1. The highest BCUT2D eigenvalue weighted by molar-refractivity contribution is 5.85. The van der Waals surface area contributed by atoms with Gasteiger partial charge in [0.25, 0.3) is 0 Å². The van der Waals surface area contributed by atoms with E-state index in [0.29, 0.717) is 36.5 Å². The van der Waals surface area contributed by atoms with E-state index < -0.39 is 48.1 Å². The van der Waals surface area contributed by atoms with Gasteiger partial charge in [-0.3, -0.25) is 4.90 Å². The largest absolute Gasteiger partial charge is 0.401 e. The fourth-order valence-electron chi connectivity index (χ4n) is 5.92. The Labute approximate surface area is 213 Å². The third kappa shape index (κ3) is 5.13. The lowest BCUT2D eigenvalue weighted by atomic mass is 9.87. The van der Waals surface area contributed by atoms with E-state index in [-0.39, 0.29) is 5.56 Å². The molecule has 1 aromatic heterocycles. The SMILES string of the molecule is CCC1CN(CC[C@H](O)c2cc(F)c([C@@H]3c4[nH]c5ccccc5c4C[C@@H](C)N3CC(F)(F)F)c(F)c2)C1. The second-order valence-corrected chi connectivity index (χ2v) is 10.5. The quantitative estimate of drug-likeness (QED) is 0.369. The van der Waals surface area contributed by atoms with E-state index in [0.717, 1.165) is 47.5 Å². The van der Waals surface area contributed by atoms with Gasteiger partial charge < -0.3 is 15.0 Å². The molecule has 0 amide bonds. The van der Waals surface area contributed by atoms with E-state index in [1.807, 2.05) is 12.1 Å². The molecule has 2 N–H and O–H groups in total. The molecule has 0 unspecified atom stereocenters. The van der Waals surface area contributed by atoms with Gasteiger partial charge in [-0.1, -0.05) is 31.5 Å². The monoisotopic (exact) mass is 521 g/mol. The van der Waals surface area contributed by atoms with E-state index in [1.165, 1.54) is 0 Å². The number of nitrogens with one attached hydrogen (secondary N) is 1. The summed E-state index contributed by atoms with van der Waals surface area (Å²) in [4.78, 5) is 6.45. The maximum Gasteiger partial charge on any atom is 0.401 e. The molecule has 0 saturated carbocycles. The molecule has 5 rings (SSSR count).